The summed E-state index contributed by atoms with van der Waals surface area (Å²) < 4.78 is 5.17. The number of benzene rings is 1. The van der Waals surface area contributed by atoms with Crippen molar-refractivity contribution in [3.63, 3.8) is 0 Å². The number of aryl methyl sites for hydroxylation is 1. The lowest BCUT2D eigenvalue weighted by molar-refractivity contribution is 0.415. The topological polar surface area (TPSA) is 73.9 Å². The maximum Gasteiger partial charge on any atom is 0.190 e. The molecule has 7 heteroatoms. The number of anilines is 1. The maximum atomic E-state index is 5.74. The van der Waals surface area contributed by atoms with Gasteiger partial charge in [-0.1, -0.05) is 11.8 Å². The summed E-state index contributed by atoms with van der Waals surface area (Å²) >= 11 is 3.17. The Morgan fingerprint density at radius 3 is 2.65 bits per heavy atom. The average Bonchev–Trinajstić information content (AvgIpc) is 3.01. The fraction of sp³-hybridized carbons (Fsp3) is 0.188. The summed E-state index contributed by atoms with van der Waals surface area (Å²) in [5.41, 5.74) is 8.71. The molecule has 0 bridgehead atoms. The number of nitrogens with zero attached hydrogens (tertiary/aromatic N) is 3. The first-order valence-corrected chi connectivity index (χ1v) is 8.83. The SMILES string of the molecule is COc1ccc(-c2nc(CSc3nc(C)cc(N)n3)cs2)cc1. The van der Waals surface area contributed by atoms with E-state index in [-0.39, 0.29) is 0 Å². The van der Waals surface area contributed by atoms with E-state index in [1.807, 2.05) is 31.2 Å². The van der Waals surface area contributed by atoms with Crippen LogP contribution in [-0.4, -0.2) is 22.1 Å². The predicted molar refractivity (Wildman–Crippen MR) is 94.8 cm³/mol. The Bertz CT molecular complexity index is 782. The number of hydrogen-bond acceptors (Lipinski definition) is 7. The minimum Gasteiger partial charge on any atom is -0.497 e. The Hall–Kier alpha value is -2.12. The Kier molecular flexibility index (Phi) is 4.78. The molecule has 2 aromatic heterocycles. The number of nitrogen functional groups attached to an aromatic ring is 1. The highest BCUT2D eigenvalue weighted by molar-refractivity contribution is 7.98. The van der Waals surface area contributed by atoms with Crippen LogP contribution >= 0.6 is 23.1 Å². The number of ether oxygens (including phenoxy) is 1. The van der Waals surface area contributed by atoms with Gasteiger partial charge in [0.25, 0.3) is 0 Å². The molecule has 23 heavy (non-hydrogen) atoms. The smallest absolute Gasteiger partial charge is 0.190 e. The molecule has 0 radical (unpaired) electrons. The molecular weight excluding hydrogens is 328 g/mol. The third kappa shape index (κ3) is 4.00. The second kappa shape index (κ2) is 6.97. The molecule has 3 aromatic rings. The van der Waals surface area contributed by atoms with E-state index in [0.717, 1.165) is 33.5 Å². The Morgan fingerprint density at radius 1 is 1.17 bits per heavy atom. The normalized spacial score (nSPS) is 10.7. The molecule has 118 valence electrons. The molecule has 0 unspecified atom stereocenters. The molecule has 0 spiro atoms. The van der Waals surface area contributed by atoms with Crippen molar-refractivity contribution in [2.75, 3.05) is 12.8 Å². The molecule has 0 aliphatic carbocycles. The summed E-state index contributed by atoms with van der Waals surface area (Å²) in [5.74, 6) is 2.06. The standard InChI is InChI=1S/C16H16N4OS2/c1-10-7-14(17)20-16(18-10)23-9-12-8-22-15(19-12)11-3-5-13(21-2)6-4-11/h3-8H,9H2,1-2H3,(H2,17,18,20). The molecule has 0 atom stereocenters. The van der Waals surface area contributed by atoms with Gasteiger partial charge in [0.15, 0.2) is 5.16 Å². The Labute approximate surface area is 143 Å². The molecule has 2 heterocycles. The van der Waals surface area contributed by atoms with Gasteiger partial charge in [0, 0.05) is 28.5 Å². The Balaban J connectivity index is 1.69. The minimum atomic E-state index is 0.497. The predicted octanol–water partition coefficient (Wildman–Crippen LogP) is 3.79. The molecule has 3 rings (SSSR count). The van der Waals surface area contributed by atoms with Crippen molar-refractivity contribution in [1.29, 1.82) is 0 Å². The quantitative estimate of drug-likeness (QED) is 0.561. The van der Waals surface area contributed by atoms with E-state index in [1.54, 1.807) is 24.5 Å². The van der Waals surface area contributed by atoms with E-state index in [9.17, 15) is 0 Å². The maximum absolute atomic E-state index is 5.74. The zero-order valence-corrected chi connectivity index (χ0v) is 14.4. The van der Waals surface area contributed by atoms with E-state index in [2.05, 4.69) is 20.3 Å². The van der Waals surface area contributed by atoms with Crippen molar-refractivity contribution in [1.82, 2.24) is 15.0 Å². The highest BCUT2D eigenvalue weighted by Gasteiger charge is 2.07. The molecule has 0 aliphatic rings. The van der Waals surface area contributed by atoms with Crippen molar-refractivity contribution in [3.05, 3.63) is 47.1 Å². The van der Waals surface area contributed by atoms with E-state index in [0.29, 0.717) is 11.0 Å². The van der Waals surface area contributed by atoms with E-state index in [4.69, 9.17) is 10.5 Å². The van der Waals surface area contributed by atoms with Crippen LogP contribution in [0.4, 0.5) is 5.82 Å². The lowest BCUT2D eigenvalue weighted by atomic mass is 10.2. The lowest BCUT2D eigenvalue weighted by Gasteiger charge is -2.01. The molecule has 0 saturated heterocycles. The van der Waals surface area contributed by atoms with Crippen LogP contribution in [0.15, 0.2) is 40.9 Å². The van der Waals surface area contributed by atoms with Crippen LogP contribution in [0.2, 0.25) is 0 Å². The molecule has 2 N–H and O–H groups in total. The molecule has 0 aliphatic heterocycles. The number of nitrogens with two attached hydrogens (primary N) is 1. The summed E-state index contributed by atoms with van der Waals surface area (Å²) in [4.78, 5) is 13.3. The summed E-state index contributed by atoms with van der Waals surface area (Å²) in [7, 11) is 1.66. The van der Waals surface area contributed by atoms with Crippen LogP contribution in [-0.2, 0) is 5.75 Å². The zero-order valence-electron chi connectivity index (χ0n) is 12.8. The molecule has 0 saturated carbocycles. The van der Waals surface area contributed by atoms with E-state index >= 15 is 0 Å². The van der Waals surface area contributed by atoms with Crippen molar-refractivity contribution in [3.8, 4) is 16.3 Å². The van der Waals surface area contributed by atoms with Gasteiger partial charge in [-0.3, -0.25) is 0 Å². The second-order valence-corrected chi connectivity index (χ2v) is 6.68. The second-order valence-electron chi connectivity index (χ2n) is 4.88. The van der Waals surface area contributed by atoms with E-state index in [1.165, 1.54) is 11.8 Å². The van der Waals surface area contributed by atoms with Crippen LogP contribution in [0.5, 0.6) is 5.75 Å². The van der Waals surface area contributed by atoms with Gasteiger partial charge >= 0.3 is 0 Å². The first-order valence-electron chi connectivity index (χ1n) is 6.97. The highest BCUT2D eigenvalue weighted by Crippen LogP contribution is 2.28. The van der Waals surface area contributed by atoms with Gasteiger partial charge in [-0.2, -0.15) is 0 Å². The summed E-state index contributed by atoms with van der Waals surface area (Å²) in [6.45, 7) is 1.91. The van der Waals surface area contributed by atoms with Gasteiger partial charge in [0.2, 0.25) is 0 Å². The van der Waals surface area contributed by atoms with Gasteiger partial charge < -0.3 is 10.5 Å². The Morgan fingerprint density at radius 2 is 1.96 bits per heavy atom. The van der Waals surface area contributed by atoms with Crippen molar-refractivity contribution >= 4 is 28.9 Å². The van der Waals surface area contributed by atoms with Crippen molar-refractivity contribution in [2.45, 2.75) is 17.8 Å². The van der Waals surface area contributed by atoms with Crippen LogP contribution in [0.3, 0.4) is 0 Å². The van der Waals surface area contributed by atoms with Gasteiger partial charge in [0.1, 0.15) is 16.6 Å². The number of rotatable bonds is 5. The number of aromatic nitrogens is 3. The largest absolute Gasteiger partial charge is 0.497 e. The van der Waals surface area contributed by atoms with Crippen molar-refractivity contribution < 1.29 is 4.74 Å². The monoisotopic (exact) mass is 344 g/mol. The van der Waals surface area contributed by atoms with E-state index < -0.39 is 0 Å². The molecular formula is C16H16N4OS2. The summed E-state index contributed by atoms with van der Waals surface area (Å²) in [5, 5.41) is 3.74. The zero-order chi connectivity index (χ0) is 16.2. The fourth-order valence-electron chi connectivity index (χ4n) is 2.01. The number of methoxy groups -OCH3 is 1. The summed E-state index contributed by atoms with van der Waals surface area (Å²) in [6, 6.07) is 9.66. The minimum absolute atomic E-state index is 0.497. The van der Waals surface area contributed by atoms with Crippen LogP contribution in [0, 0.1) is 6.92 Å². The van der Waals surface area contributed by atoms with Gasteiger partial charge in [0.05, 0.1) is 12.8 Å². The first kappa shape index (κ1) is 15.8. The summed E-state index contributed by atoms with van der Waals surface area (Å²) in [6.07, 6.45) is 0. The molecule has 0 amide bonds. The first-order chi connectivity index (χ1) is 11.1. The number of thiazole rings is 1. The molecule has 0 fully saturated rings. The fourth-order valence-corrected chi connectivity index (χ4v) is 3.74. The molecule has 5 nitrogen and oxygen atoms in total. The lowest BCUT2D eigenvalue weighted by Crippen LogP contribution is -1.96. The third-order valence-electron chi connectivity index (χ3n) is 3.09. The van der Waals surface area contributed by atoms with Crippen LogP contribution in [0.1, 0.15) is 11.4 Å². The molecule has 1 aromatic carbocycles. The van der Waals surface area contributed by atoms with Crippen LogP contribution < -0.4 is 10.5 Å². The third-order valence-corrected chi connectivity index (χ3v) is 4.91. The highest BCUT2D eigenvalue weighted by atomic mass is 32.2. The van der Waals surface area contributed by atoms with Gasteiger partial charge in [-0.25, -0.2) is 15.0 Å². The van der Waals surface area contributed by atoms with Crippen molar-refractivity contribution in [2.24, 2.45) is 0 Å². The van der Waals surface area contributed by atoms with Gasteiger partial charge in [-0.05, 0) is 31.2 Å². The van der Waals surface area contributed by atoms with Gasteiger partial charge in [-0.15, -0.1) is 11.3 Å². The van der Waals surface area contributed by atoms with Crippen LogP contribution in [0.25, 0.3) is 10.6 Å². The number of hydrogen-bond donors (Lipinski definition) is 1. The number of thioether (sulfide) groups is 1. The average molecular weight is 344 g/mol.